The molecule has 0 saturated heterocycles. The molecule has 0 rings (SSSR count). The van der Waals surface area contributed by atoms with Gasteiger partial charge in [0.05, 0.1) is 0 Å². The van der Waals surface area contributed by atoms with Gasteiger partial charge in [-0.25, -0.2) is 0 Å². The van der Waals surface area contributed by atoms with Gasteiger partial charge in [-0.15, -0.1) is 0 Å². The number of nitrogens with zero attached hydrogens (tertiary/aromatic N) is 1. The molecule has 0 aromatic carbocycles. The summed E-state index contributed by atoms with van der Waals surface area (Å²) in [5.41, 5.74) is 0. The number of carbonyl (C=O) groups is 1. The molecule has 0 aromatic rings. The second-order valence-corrected chi connectivity index (χ2v) is 6.19. The Labute approximate surface area is 150 Å². The molecular formula is C22H39NO. The fourth-order valence-corrected chi connectivity index (χ4v) is 2.56. The summed E-state index contributed by atoms with van der Waals surface area (Å²) in [6.07, 6.45) is 24.6. The van der Waals surface area contributed by atoms with E-state index in [9.17, 15) is 4.79 Å². The number of hydrogen-bond donors (Lipinski definition) is 0. The van der Waals surface area contributed by atoms with E-state index in [0.29, 0.717) is 12.3 Å². The van der Waals surface area contributed by atoms with Gasteiger partial charge in [-0.1, -0.05) is 56.2 Å². The number of allylic oxidation sites excluding steroid dienone is 6. The van der Waals surface area contributed by atoms with Crippen LogP contribution >= 0.6 is 0 Å². The Balaban J connectivity index is 3.49. The zero-order valence-corrected chi connectivity index (χ0v) is 16.3. The van der Waals surface area contributed by atoms with Crippen molar-refractivity contribution < 1.29 is 4.79 Å². The zero-order chi connectivity index (χ0) is 17.9. The van der Waals surface area contributed by atoms with Crippen molar-refractivity contribution in [2.75, 3.05) is 13.1 Å². The lowest BCUT2D eigenvalue weighted by atomic mass is 10.1. The molecule has 0 unspecified atom stereocenters. The molecule has 24 heavy (non-hydrogen) atoms. The summed E-state index contributed by atoms with van der Waals surface area (Å²) in [4.78, 5) is 13.7. The van der Waals surface area contributed by atoms with Crippen LogP contribution < -0.4 is 0 Å². The number of carbonyl (C=O) groups excluding carboxylic acids is 1. The van der Waals surface area contributed by atoms with Crippen molar-refractivity contribution >= 4 is 5.91 Å². The monoisotopic (exact) mass is 333 g/mol. The van der Waals surface area contributed by atoms with Crippen LogP contribution in [-0.2, 0) is 4.79 Å². The first-order valence-corrected chi connectivity index (χ1v) is 9.98. The van der Waals surface area contributed by atoms with Crippen LogP contribution in [0.3, 0.4) is 0 Å². The fourth-order valence-electron chi connectivity index (χ4n) is 2.56. The molecule has 0 N–H and O–H groups in total. The van der Waals surface area contributed by atoms with Crippen molar-refractivity contribution in [3.05, 3.63) is 36.5 Å². The standard InChI is InChI=1S/C22H39NO/c1-4-7-8-9-10-11-12-13-14-15-16-17-18-19-20-21-22(24)23(5-2)6-3/h10-11,13-14,16-17H,4-9,12,15,18-21H2,1-3H3/b11-10-,14-13-,17-16-. The number of rotatable bonds is 15. The van der Waals surface area contributed by atoms with Crippen molar-refractivity contribution in [2.45, 2.75) is 85.0 Å². The fraction of sp³-hybridized carbons (Fsp3) is 0.682. The maximum atomic E-state index is 11.8. The summed E-state index contributed by atoms with van der Waals surface area (Å²) in [5.74, 6) is 0.301. The maximum absolute atomic E-state index is 11.8. The lowest BCUT2D eigenvalue weighted by molar-refractivity contribution is -0.130. The SMILES string of the molecule is CCCCC/C=C\C/C=C\C/C=C\CCCCC(=O)N(CC)CC. The average Bonchev–Trinajstić information content (AvgIpc) is 2.59. The molecule has 0 aliphatic rings. The number of amides is 1. The van der Waals surface area contributed by atoms with Crippen LogP contribution in [0.5, 0.6) is 0 Å². The summed E-state index contributed by atoms with van der Waals surface area (Å²) in [6, 6.07) is 0. The second kappa shape index (κ2) is 18.0. The van der Waals surface area contributed by atoms with Gasteiger partial charge < -0.3 is 4.90 Å². The second-order valence-electron chi connectivity index (χ2n) is 6.19. The molecule has 138 valence electrons. The molecule has 0 heterocycles. The Kier molecular flexibility index (Phi) is 17.1. The molecule has 0 bridgehead atoms. The molecule has 0 aliphatic carbocycles. The van der Waals surface area contributed by atoms with Crippen LogP contribution in [-0.4, -0.2) is 23.9 Å². The van der Waals surface area contributed by atoms with Crippen LogP contribution in [0.15, 0.2) is 36.5 Å². The third-order valence-corrected chi connectivity index (χ3v) is 4.15. The first-order chi connectivity index (χ1) is 11.8. The highest BCUT2D eigenvalue weighted by Gasteiger charge is 2.07. The van der Waals surface area contributed by atoms with E-state index in [-0.39, 0.29) is 0 Å². The highest BCUT2D eigenvalue weighted by Crippen LogP contribution is 2.05. The van der Waals surface area contributed by atoms with Gasteiger partial charge in [-0.2, -0.15) is 0 Å². The molecular weight excluding hydrogens is 294 g/mol. The summed E-state index contributed by atoms with van der Waals surface area (Å²) in [5, 5.41) is 0. The normalized spacial score (nSPS) is 12.0. The topological polar surface area (TPSA) is 20.3 Å². The summed E-state index contributed by atoms with van der Waals surface area (Å²) < 4.78 is 0. The van der Waals surface area contributed by atoms with E-state index in [1.165, 1.54) is 25.7 Å². The van der Waals surface area contributed by atoms with Gasteiger partial charge in [0.1, 0.15) is 0 Å². The van der Waals surface area contributed by atoms with E-state index in [2.05, 4.69) is 43.4 Å². The lowest BCUT2D eigenvalue weighted by Crippen LogP contribution is -2.30. The van der Waals surface area contributed by atoms with Crippen molar-refractivity contribution in [1.29, 1.82) is 0 Å². The van der Waals surface area contributed by atoms with Crippen LogP contribution in [0.2, 0.25) is 0 Å². The predicted octanol–water partition coefficient (Wildman–Crippen LogP) is 6.44. The molecule has 0 atom stereocenters. The smallest absolute Gasteiger partial charge is 0.222 e. The molecule has 1 amide bonds. The van der Waals surface area contributed by atoms with Gasteiger partial charge >= 0.3 is 0 Å². The van der Waals surface area contributed by atoms with Gasteiger partial charge in [-0.3, -0.25) is 4.79 Å². The largest absolute Gasteiger partial charge is 0.343 e. The minimum atomic E-state index is 0.301. The first-order valence-electron chi connectivity index (χ1n) is 9.98. The molecule has 0 spiro atoms. The maximum Gasteiger partial charge on any atom is 0.222 e. The molecule has 0 radical (unpaired) electrons. The van der Waals surface area contributed by atoms with Crippen molar-refractivity contribution in [3.8, 4) is 0 Å². The number of unbranched alkanes of at least 4 members (excludes halogenated alkanes) is 5. The van der Waals surface area contributed by atoms with Crippen LogP contribution in [0, 0.1) is 0 Å². The Morgan fingerprint density at radius 1 is 0.708 bits per heavy atom. The van der Waals surface area contributed by atoms with Gasteiger partial charge in [0.15, 0.2) is 0 Å². The van der Waals surface area contributed by atoms with E-state index in [4.69, 9.17) is 0 Å². The van der Waals surface area contributed by atoms with Gasteiger partial charge in [-0.05, 0) is 58.8 Å². The van der Waals surface area contributed by atoms with Gasteiger partial charge in [0.25, 0.3) is 0 Å². The average molecular weight is 334 g/mol. The minimum Gasteiger partial charge on any atom is -0.343 e. The summed E-state index contributed by atoms with van der Waals surface area (Å²) in [7, 11) is 0. The van der Waals surface area contributed by atoms with Crippen molar-refractivity contribution in [1.82, 2.24) is 4.90 Å². The molecule has 2 nitrogen and oxygen atoms in total. The molecule has 0 saturated carbocycles. The zero-order valence-electron chi connectivity index (χ0n) is 16.3. The Morgan fingerprint density at radius 3 is 1.71 bits per heavy atom. The summed E-state index contributed by atoms with van der Waals surface area (Å²) in [6.45, 7) is 7.98. The van der Waals surface area contributed by atoms with Gasteiger partial charge in [0.2, 0.25) is 5.91 Å². The lowest BCUT2D eigenvalue weighted by Gasteiger charge is -2.18. The minimum absolute atomic E-state index is 0.301. The van der Waals surface area contributed by atoms with E-state index in [1.54, 1.807) is 0 Å². The quantitative estimate of drug-likeness (QED) is 0.249. The van der Waals surface area contributed by atoms with Crippen molar-refractivity contribution in [3.63, 3.8) is 0 Å². The Morgan fingerprint density at radius 2 is 1.21 bits per heavy atom. The van der Waals surface area contributed by atoms with E-state index in [0.717, 1.165) is 45.2 Å². The highest BCUT2D eigenvalue weighted by molar-refractivity contribution is 5.76. The molecule has 0 aromatic heterocycles. The van der Waals surface area contributed by atoms with Crippen molar-refractivity contribution in [2.24, 2.45) is 0 Å². The van der Waals surface area contributed by atoms with E-state index in [1.807, 2.05) is 18.7 Å². The van der Waals surface area contributed by atoms with Crippen LogP contribution in [0.25, 0.3) is 0 Å². The summed E-state index contributed by atoms with van der Waals surface area (Å²) >= 11 is 0. The third-order valence-electron chi connectivity index (χ3n) is 4.15. The van der Waals surface area contributed by atoms with E-state index < -0.39 is 0 Å². The van der Waals surface area contributed by atoms with Crippen LogP contribution in [0.1, 0.15) is 85.0 Å². The van der Waals surface area contributed by atoms with Gasteiger partial charge in [0, 0.05) is 19.5 Å². The molecule has 2 heteroatoms. The Bertz CT molecular complexity index is 364. The number of hydrogen-bond acceptors (Lipinski definition) is 1. The molecule has 0 aliphatic heterocycles. The Hall–Kier alpha value is -1.31. The predicted molar refractivity (Wildman–Crippen MR) is 107 cm³/mol. The highest BCUT2D eigenvalue weighted by atomic mass is 16.2. The van der Waals surface area contributed by atoms with Crippen LogP contribution in [0.4, 0.5) is 0 Å². The van der Waals surface area contributed by atoms with E-state index >= 15 is 0 Å². The first kappa shape index (κ1) is 22.7. The third kappa shape index (κ3) is 14.3. The molecule has 0 fully saturated rings.